The Morgan fingerprint density at radius 3 is 2.04 bits per heavy atom. The average molecular weight is 1070 g/mol. The summed E-state index contributed by atoms with van der Waals surface area (Å²) in [4.78, 5) is 94.7. The molecule has 0 bridgehead atoms. The van der Waals surface area contributed by atoms with Gasteiger partial charge in [-0.15, -0.1) is 11.3 Å². The number of thiazole rings is 1. The zero-order valence-electron chi connectivity index (χ0n) is 42.3. The zero-order valence-corrected chi connectivity index (χ0v) is 44.0. The predicted octanol–water partition coefficient (Wildman–Crippen LogP) is 5.47. The Morgan fingerprint density at radius 1 is 0.892 bits per heavy atom. The van der Waals surface area contributed by atoms with Crippen molar-refractivity contribution in [1.29, 1.82) is 0 Å². The van der Waals surface area contributed by atoms with E-state index in [1.54, 1.807) is 111 Å². The highest BCUT2D eigenvalue weighted by molar-refractivity contribution is 7.84. The summed E-state index contributed by atoms with van der Waals surface area (Å²) < 4.78 is 58.0. The lowest BCUT2D eigenvalue weighted by Gasteiger charge is -2.43. The predicted molar refractivity (Wildman–Crippen MR) is 264 cm³/mol. The number of likely N-dealkylation sites (tertiary alicyclic amines) is 1. The van der Waals surface area contributed by atoms with Gasteiger partial charge in [0.25, 0.3) is 11.8 Å². The fourth-order valence-electron chi connectivity index (χ4n) is 7.62. The normalized spacial score (nSPS) is 17.9. The number of anilines is 1. The molecule has 5 amide bonds. The molecule has 7 rings (SSSR count). The molecule has 0 unspecified atom stereocenters. The number of aromatic nitrogens is 4. The van der Waals surface area contributed by atoms with Gasteiger partial charge in [0, 0.05) is 43.8 Å². The second kappa shape index (κ2) is 21.3. The van der Waals surface area contributed by atoms with Gasteiger partial charge in [-0.05, 0) is 73.4 Å². The summed E-state index contributed by atoms with van der Waals surface area (Å²) in [6.45, 7) is 15.5. The van der Waals surface area contributed by atoms with E-state index in [2.05, 4.69) is 31.0 Å². The molecule has 3 N–H and O–H groups in total. The summed E-state index contributed by atoms with van der Waals surface area (Å²) in [5.41, 5.74) is -3.24. The first kappa shape index (κ1) is 54.6. The Balaban J connectivity index is 1.10. The van der Waals surface area contributed by atoms with Gasteiger partial charge in [0.15, 0.2) is 16.9 Å². The van der Waals surface area contributed by atoms with Gasteiger partial charge in [-0.25, -0.2) is 28.5 Å². The number of benzene rings is 2. The molecule has 1 aliphatic carbocycles. The van der Waals surface area contributed by atoms with Crippen molar-refractivity contribution in [1.82, 2.24) is 39.4 Å². The van der Waals surface area contributed by atoms with Crippen LogP contribution in [0.25, 0.3) is 0 Å². The zero-order chi connectivity index (χ0) is 54.0. The molecule has 24 nitrogen and oxygen atoms in total. The molecule has 2 aromatic carbocycles. The topological polar surface area (TPSA) is 293 Å². The second-order valence-electron chi connectivity index (χ2n) is 20.9. The van der Waals surface area contributed by atoms with Gasteiger partial charge in [-0.3, -0.25) is 19.5 Å². The maximum atomic E-state index is 14.4. The number of esters is 1. The third kappa shape index (κ3) is 14.1. The maximum absolute atomic E-state index is 14.4. The number of amides is 5. The number of hydrogen-bond donors (Lipinski definition) is 3. The maximum Gasteiger partial charge on any atom is 0.413 e. The van der Waals surface area contributed by atoms with E-state index >= 15 is 0 Å². The molecular weight excluding hydrogens is 1000 g/mol. The van der Waals surface area contributed by atoms with E-state index in [-0.39, 0.29) is 52.7 Å². The summed E-state index contributed by atoms with van der Waals surface area (Å²) in [6.07, 6.45) is -1.23. The molecule has 398 valence electrons. The van der Waals surface area contributed by atoms with Gasteiger partial charge in [0.05, 0.1) is 19.3 Å². The molecule has 4 aromatic rings. The molecular formula is C48H60N10O14S2. The van der Waals surface area contributed by atoms with Crippen LogP contribution >= 0.6 is 11.3 Å². The molecule has 3 aliphatic rings. The smallest absolute Gasteiger partial charge is 0.413 e. The van der Waals surface area contributed by atoms with Gasteiger partial charge >= 0.3 is 34.6 Å². The number of rotatable bonds is 17. The Bertz CT molecular complexity index is 2830. The van der Waals surface area contributed by atoms with Crippen molar-refractivity contribution in [3.8, 4) is 0 Å². The Hall–Kier alpha value is -7.19. The number of nitrogens with one attached hydrogen (secondary N) is 2. The minimum absolute atomic E-state index is 0.0275. The fourth-order valence-corrected chi connectivity index (χ4v) is 9.18. The summed E-state index contributed by atoms with van der Waals surface area (Å²) in [5.74, 6) is -3.27. The molecule has 3 fully saturated rings. The molecule has 0 spiro atoms. The highest BCUT2D eigenvalue weighted by Crippen LogP contribution is 2.43. The van der Waals surface area contributed by atoms with Crippen LogP contribution in [0.3, 0.4) is 0 Å². The van der Waals surface area contributed by atoms with Crippen LogP contribution in [0.2, 0.25) is 0 Å². The Kier molecular flexibility index (Phi) is 15.7. The Morgan fingerprint density at radius 2 is 1.49 bits per heavy atom. The quantitative estimate of drug-likeness (QED) is 0.0295. The highest BCUT2D eigenvalue weighted by atomic mass is 32.2. The first-order valence-corrected chi connectivity index (χ1v) is 25.8. The lowest BCUT2D eigenvalue weighted by molar-refractivity contribution is -0.164. The van der Waals surface area contributed by atoms with E-state index < -0.39 is 99.2 Å². The molecule has 26 heteroatoms. The van der Waals surface area contributed by atoms with E-state index in [9.17, 15) is 41.7 Å². The summed E-state index contributed by atoms with van der Waals surface area (Å²) in [5, 5.41) is 19.0. The highest BCUT2D eigenvalue weighted by Gasteiger charge is 2.57. The van der Waals surface area contributed by atoms with Gasteiger partial charge < -0.3 is 38.9 Å². The number of carbonyl (C=O) groups is 6. The van der Waals surface area contributed by atoms with Crippen molar-refractivity contribution in [3.05, 3.63) is 94.8 Å². The van der Waals surface area contributed by atoms with E-state index in [0.29, 0.717) is 24.2 Å². The minimum atomic E-state index is -5.21. The van der Waals surface area contributed by atoms with Crippen molar-refractivity contribution in [2.75, 3.05) is 25.0 Å². The third-order valence-electron chi connectivity index (χ3n) is 11.1. The van der Waals surface area contributed by atoms with Gasteiger partial charge in [0.2, 0.25) is 5.60 Å². The number of carbonyl (C=O) groups excluding carboxylic acids is 6. The average Bonchev–Trinajstić information content (AvgIpc) is 3.71. The van der Waals surface area contributed by atoms with Crippen molar-refractivity contribution in [2.24, 2.45) is 11.1 Å². The van der Waals surface area contributed by atoms with Crippen LogP contribution in [0.1, 0.15) is 104 Å². The van der Waals surface area contributed by atoms with Crippen LogP contribution in [0.5, 0.6) is 0 Å². The van der Waals surface area contributed by atoms with Gasteiger partial charge in [-0.1, -0.05) is 65.8 Å². The molecule has 2 aliphatic heterocycles. The SMILES string of the molecule is CC(C)(C)OC(=O)Nc1nc(/C(=N\OC2(C(=O)OC(c3ccccc3)c3ccccc3)CC2)C(=O)N[C@@H]2C(=O)N(S(=O)(=O)O)[C@@H]2Cn2ncc(CN(CC3CN(C(=O)OC(C)(C)C)C3)C(=O)OC(C)(C)C)n2)cs1. The van der Waals surface area contributed by atoms with Crippen molar-refractivity contribution in [3.63, 3.8) is 0 Å². The lowest BCUT2D eigenvalue weighted by Crippen LogP contribution is -2.73. The van der Waals surface area contributed by atoms with E-state index in [1.807, 2.05) is 12.1 Å². The van der Waals surface area contributed by atoms with Crippen molar-refractivity contribution in [2.45, 2.75) is 129 Å². The first-order chi connectivity index (χ1) is 34.6. The molecule has 2 atom stereocenters. The van der Waals surface area contributed by atoms with Crippen LogP contribution in [0, 0.1) is 5.92 Å². The standard InChI is InChI=1S/C48H60N10O14S2/c1-45(2,3)69-42(62)52-41-50-33(28-73-41)35(54-72-48(20-21-48)40(61)68-37(30-16-12-10-13-17-30)31-18-14-11-15-19-31)38(59)51-36-34(58(39(36)60)74(65,66)67)27-57-49-22-32(53-57)26-56(44(64)71-47(7,8)9)25-29-23-55(24-29)43(63)70-46(4,5)6/h10-19,22,28-29,34,36-37H,20-21,23-27H2,1-9H3,(H,51,59)(H,50,52,62)(H,65,66,67)/b54-35+/t34-,36+/m1/s1. The van der Waals surface area contributed by atoms with Crippen LogP contribution in [0.4, 0.5) is 19.5 Å². The summed E-state index contributed by atoms with van der Waals surface area (Å²) >= 11 is 0.883. The largest absolute Gasteiger partial charge is 0.450 e. The molecule has 2 saturated heterocycles. The number of oxime groups is 1. The first-order valence-electron chi connectivity index (χ1n) is 23.6. The number of hydrogen-bond acceptors (Lipinski definition) is 18. The van der Waals surface area contributed by atoms with Gasteiger partial charge in [0.1, 0.15) is 40.3 Å². The van der Waals surface area contributed by atoms with Crippen LogP contribution in [0.15, 0.2) is 77.4 Å². The molecule has 0 radical (unpaired) electrons. The molecule has 1 saturated carbocycles. The minimum Gasteiger partial charge on any atom is -0.450 e. The summed E-state index contributed by atoms with van der Waals surface area (Å²) in [6, 6.07) is 14.9. The number of nitrogens with zero attached hydrogens (tertiary/aromatic N) is 8. The van der Waals surface area contributed by atoms with Crippen LogP contribution < -0.4 is 10.6 Å². The second-order valence-corrected chi connectivity index (χ2v) is 23.1. The molecule has 4 heterocycles. The lowest BCUT2D eigenvalue weighted by atomic mass is 9.98. The van der Waals surface area contributed by atoms with Crippen molar-refractivity contribution >= 4 is 68.5 Å². The van der Waals surface area contributed by atoms with E-state index in [1.165, 1.54) is 21.4 Å². The molecule has 74 heavy (non-hydrogen) atoms. The molecule has 2 aromatic heterocycles. The number of β-lactam (4-membered cyclic amide) rings is 1. The fraction of sp³-hybridized carbons (Fsp3) is 0.500. The monoisotopic (exact) mass is 1060 g/mol. The van der Waals surface area contributed by atoms with E-state index in [4.69, 9.17) is 23.8 Å². The number of ether oxygens (including phenoxy) is 4. The van der Waals surface area contributed by atoms with Gasteiger partial charge in [-0.2, -0.15) is 23.4 Å². The van der Waals surface area contributed by atoms with Crippen molar-refractivity contribution < 1.29 is 65.5 Å². The third-order valence-corrected chi connectivity index (χ3v) is 12.8. The van der Waals surface area contributed by atoms with Crippen LogP contribution in [-0.2, 0) is 61.6 Å². The van der Waals surface area contributed by atoms with E-state index in [0.717, 1.165) is 16.1 Å². The summed E-state index contributed by atoms with van der Waals surface area (Å²) in [7, 11) is -5.21. The van der Waals surface area contributed by atoms with Crippen LogP contribution in [-0.4, -0.2) is 143 Å². The Labute approximate surface area is 431 Å².